The molecule has 0 N–H and O–H groups in total. The summed E-state index contributed by atoms with van der Waals surface area (Å²) in [6.07, 6.45) is 0.727. The number of nitrogens with zero attached hydrogens (tertiary/aromatic N) is 3. The Morgan fingerprint density at radius 2 is 1.91 bits per heavy atom. The molecule has 1 aliphatic rings. The Labute approximate surface area is 134 Å². The third-order valence-electron chi connectivity index (χ3n) is 3.56. The number of hydrogen-bond donors (Lipinski definition) is 0. The third kappa shape index (κ3) is 3.38. The zero-order chi connectivity index (χ0) is 16.1. The van der Waals surface area contributed by atoms with Crippen molar-refractivity contribution >= 4 is 11.6 Å². The van der Waals surface area contributed by atoms with Gasteiger partial charge in [0.15, 0.2) is 6.61 Å². The van der Waals surface area contributed by atoms with Crippen molar-refractivity contribution in [1.82, 2.24) is 5.01 Å². The Balaban J connectivity index is 1.64. The molecule has 2 aromatic carbocycles. The Bertz CT molecular complexity index is 778. The van der Waals surface area contributed by atoms with Crippen molar-refractivity contribution in [3.8, 4) is 11.8 Å². The first kappa shape index (κ1) is 14.8. The van der Waals surface area contributed by atoms with Gasteiger partial charge in [0.2, 0.25) is 0 Å². The number of ether oxygens (including phenoxy) is 1. The summed E-state index contributed by atoms with van der Waals surface area (Å²) in [7, 11) is 0. The van der Waals surface area contributed by atoms with E-state index in [2.05, 4.69) is 5.10 Å². The number of amides is 1. The molecule has 3 rings (SSSR count). The van der Waals surface area contributed by atoms with Crippen molar-refractivity contribution < 1.29 is 9.53 Å². The zero-order valence-corrected chi connectivity index (χ0v) is 12.5. The van der Waals surface area contributed by atoms with E-state index in [9.17, 15) is 4.79 Å². The maximum Gasteiger partial charge on any atom is 0.280 e. The fourth-order valence-electron chi connectivity index (χ4n) is 2.37. The van der Waals surface area contributed by atoms with Crippen molar-refractivity contribution in [3.63, 3.8) is 0 Å². The molecule has 0 radical (unpaired) electrons. The summed E-state index contributed by atoms with van der Waals surface area (Å²) in [6.45, 7) is 0.413. The van der Waals surface area contributed by atoms with Gasteiger partial charge in [-0.15, -0.1) is 0 Å². The molecule has 0 bridgehead atoms. The van der Waals surface area contributed by atoms with E-state index < -0.39 is 0 Å². The monoisotopic (exact) mass is 305 g/mol. The first-order chi connectivity index (χ1) is 11.3. The lowest BCUT2D eigenvalue weighted by Gasteiger charge is -2.12. The van der Waals surface area contributed by atoms with Crippen LogP contribution in [0.3, 0.4) is 0 Å². The highest BCUT2D eigenvalue weighted by molar-refractivity contribution is 6.02. The minimum Gasteiger partial charge on any atom is -0.482 e. The normalized spacial score (nSPS) is 13.3. The van der Waals surface area contributed by atoms with Gasteiger partial charge >= 0.3 is 0 Å². The lowest BCUT2D eigenvalue weighted by Crippen LogP contribution is -2.28. The lowest BCUT2D eigenvalue weighted by atomic mass is 10.1. The van der Waals surface area contributed by atoms with Gasteiger partial charge in [0, 0.05) is 6.42 Å². The fraction of sp³-hybridized carbons (Fsp3) is 0.167. The topological polar surface area (TPSA) is 65.7 Å². The summed E-state index contributed by atoms with van der Waals surface area (Å²) in [4.78, 5) is 12.2. The van der Waals surface area contributed by atoms with Crippen LogP contribution >= 0.6 is 0 Å². The molecule has 0 saturated carbocycles. The summed E-state index contributed by atoms with van der Waals surface area (Å²) in [5.74, 6) is 0.193. The predicted molar refractivity (Wildman–Crippen MR) is 86.0 cm³/mol. The number of rotatable bonds is 4. The molecule has 5 nitrogen and oxygen atoms in total. The van der Waals surface area contributed by atoms with Crippen LogP contribution in [0, 0.1) is 11.3 Å². The van der Waals surface area contributed by atoms with Gasteiger partial charge in [-0.25, -0.2) is 5.01 Å². The molecule has 1 aliphatic heterocycles. The number of carbonyl (C=O) groups excluding carboxylic acids is 1. The van der Waals surface area contributed by atoms with E-state index >= 15 is 0 Å². The van der Waals surface area contributed by atoms with E-state index in [1.807, 2.05) is 36.4 Å². The first-order valence-corrected chi connectivity index (χ1v) is 7.33. The molecule has 5 heteroatoms. The quantitative estimate of drug-likeness (QED) is 0.872. The molecular weight excluding hydrogens is 290 g/mol. The number of para-hydroxylation sites is 1. The van der Waals surface area contributed by atoms with E-state index in [-0.39, 0.29) is 12.5 Å². The molecule has 0 saturated heterocycles. The van der Waals surface area contributed by atoms with E-state index in [1.54, 1.807) is 24.3 Å². The Kier molecular flexibility index (Phi) is 4.34. The van der Waals surface area contributed by atoms with Crippen LogP contribution in [0.5, 0.6) is 5.75 Å². The average molecular weight is 305 g/mol. The SMILES string of the molecule is N#Cc1ccccc1OCC(=O)N1CCC(c2ccccc2)=N1. The number of hydrazone groups is 1. The minimum absolute atomic E-state index is 0.135. The highest BCUT2D eigenvalue weighted by Gasteiger charge is 2.22. The second kappa shape index (κ2) is 6.75. The van der Waals surface area contributed by atoms with Crippen molar-refractivity contribution in [2.75, 3.05) is 13.2 Å². The van der Waals surface area contributed by atoms with Gasteiger partial charge in [0.05, 0.1) is 17.8 Å². The maximum absolute atomic E-state index is 12.2. The van der Waals surface area contributed by atoms with Gasteiger partial charge in [-0.3, -0.25) is 4.79 Å². The molecule has 1 heterocycles. The van der Waals surface area contributed by atoms with Crippen LogP contribution in [0.25, 0.3) is 0 Å². The molecular formula is C18H15N3O2. The summed E-state index contributed by atoms with van der Waals surface area (Å²) >= 11 is 0. The molecule has 2 aromatic rings. The van der Waals surface area contributed by atoms with Gasteiger partial charge in [-0.05, 0) is 17.7 Å². The molecule has 0 unspecified atom stereocenters. The van der Waals surface area contributed by atoms with Gasteiger partial charge < -0.3 is 4.74 Å². The van der Waals surface area contributed by atoms with E-state index in [0.29, 0.717) is 17.9 Å². The molecule has 1 amide bonds. The number of hydrogen-bond acceptors (Lipinski definition) is 4. The van der Waals surface area contributed by atoms with E-state index in [4.69, 9.17) is 10.00 Å². The Morgan fingerprint density at radius 1 is 1.17 bits per heavy atom. The summed E-state index contributed by atoms with van der Waals surface area (Å²) in [5, 5.41) is 14.8. The standard InChI is InChI=1S/C18H15N3O2/c19-12-15-8-4-5-9-17(15)23-13-18(22)21-11-10-16(20-21)14-6-2-1-3-7-14/h1-9H,10-11,13H2. The zero-order valence-electron chi connectivity index (χ0n) is 12.5. The van der Waals surface area contributed by atoms with Crippen molar-refractivity contribution in [2.45, 2.75) is 6.42 Å². The highest BCUT2D eigenvalue weighted by atomic mass is 16.5. The number of benzene rings is 2. The molecule has 0 fully saturated rings. The molecule has 0 aliphatic carbocycles. The van der Waals surface area contributed by atoms with Crippen molar-refractivity contribution in [1.29, 1.82) is 5.26 Å². The van der Waals surface area contributed by atoms with Crippen LogP contribution in [-0.4, -0.2) is 29.8 Å². The van der Waals surface area contributed by atoms with Gasteiger partial charge in [-0.1, -0.05) is 42.5 Å². The number of carbonyl (C=O) groups is 1. The molecule has 23 heavy (non-hydrogen) atoms. The lowest BCUT2D eigenvalue weighted by molar-refractivity contribution is -0.132. The average Bonchev–Trinajstić information content (AvgIpc) is 3.11. The van der Waals surface area contributed by atoms with Crippen LogP contribution in [-0.2, 0) is 4.79 Å². The van der Waals surface area contributed by atoms with Crippen molar-refractivity contribution in [3.05, 3.63) is 65.7 Å². The largest absolute Gasteiger partial charge is 0.482 e. The van der Waals surface area contributed by atoms with Crippen molar-refractivity contribution in [2.24, 2.45) is 5.10 Å². The molecule has 0 atom stereocenters. The van der Waals surface area contributed by atoms with E-state index in [0.717, 1.165) is 17.7 Å². The van der Waals surface area contributed by atoms with Crippen LogP contribution < -0.4 is 4.74 Å². The number of nitriles is 1. The molecule has 0 spiro atoms. The second-order valence-electron chi connectivity index (χ2n) is 5.08. The highest BCUT2D eigenvalue weighted by Crippen LogP contribution is 2.18. The van der Waals surface area contributed by atoms with Gasteiger partial charge in [0.1, 0.15) is 11.8 Å². The summed E-state index contributed by atoms with van der Waals surface area (Å²) in [5.41, 5.74) is 2.34. The Morgan fingerprint density at radius 3 is 2.70 bits per heavy atom. The molecule has 0 aromatic heterocycles. The Hall–Kier alpha value is -3.13. The smallest absolute Gasteiger partial charge is 0.280 e. The van der Waals surface area contributed by atoms with Crippen LogP contribution in [0.1, 0.15) is 17.5 Å². The molecule has 114 valence electrons. The summed E-state index contributed by atoms with van der Waals surface area (Å²) in [6, 6.07) is 18.7. The van der Waals surface area contributed by atoms with Gasteiger partial charge in [0.25, 0.3) is 5.91 Å². The first-order valence-electron chi connectivity index (χ1n) is 7.33. The third-order valence-corrected chi connectivity index (χ3v) is 3.56. The van der Waals surface area contributed by atoms with Crippen LogP contribution in [0.2, 0.25) is 0 Å². The fourth-order valence-corrected chi connectivity index (χ4v) is 2.37. The van der Waals surface area contributed by atoms with Crippen LogP contribution in [0.4, 0.5) is 0 Å². The minimum atomic E-state index is -0.219. The second-order valence-corrected chi connectivity index (χ2v) is 5.08. The van der Waals surface area contributed by atoms with E-state index in [1.165, 1.54) is 5.01 Å². The van der Waals surface area contributed by atoms with Gasteiger partial charge in [-0.2, -0.15) is 10.4 Å². The maximum atomic E-state index is 12.2. The summed E-state index contributed by atoms with van der Waals surface area (Å²) < 4.78 is 5.46. The van der Waals surface area contributed by atoms with Crippen LogP contribution in [0.15, 0.2) is 59.7 Å². The predicted octanol–water partition coefficient (Wildman–Crippen LogP) is 2.57.